The van der Waals surface area contributed by atoms with Crippen molar-refractivity contribution in [3.63, 3.8) is 0 Å². The number of carbonyl (C=O) groups excluding carboxylic acids is 1. The standard InChI is InChI=1S/C25H20N6OS2/c1-16-29-21(13-33-16)17-7-8-22-18(11-17)9-10-30(22)23(32)14-34-25-20-12-28-31(24(20)26-15-27-25)19-5-3-2-4-6-19/h2-8,11-13,15H,9-10,14H2,1H3. The second-order valence-electron chi connectivity index (χ2n) is 7.99. The minimum Gasteiger partial charge on any atom is -0.311 e. The van der Waals surface area contributed by atoms with Crippen molar-refractivity contribution < 1.29 is 4.79 Å². The Morgan fingerprint density at radius 3 is 2.85 bits per heavy atom. The van der Waals surface area contributed by atoms with Crippen molar-refractivity contribution in [3.8, 4) is 16.9 Å². The van der Waals surface area contributed by atoms with Crippen LogP contribution < -0.4 is 4.90 Å². The van der Waals surface area contributed by atoms with Gasteiger partial charge in [-0.25, -0.2) is 19.6 Å². The number of anilines is 1. The zero-order valence-corrected chi connectivity index (χ0v) is 20.0. The van der Waals surface area contributed by atoms with Gasteiger partial charge >= 0.3 is 0 Å². The average Bonchev–Trinajstić information content (AvgIpc) is 3.60. The first-order chi connectivity index (χ1) is 16.7. The van der Waals surface area contributed by atoms with Crippen molar-refractivity contribution in [2.24, 2.45) is 0 Å². The van der Waals surface area contributed by atoms with Crippen molar-refractivity contribution >= 4 is 45.7 Å². The van der Waals surface area contributed by atoms with Gasteiger partial charge in [0.25, 0.3) is 0 Å². The number of thioether (sulfide) groups is 1. The smallest absolute Gasteiger partial charge is 0.237 e. The maximum absolute atomic E-state index is 13.1. The van der Waals surface area contributed by atoms with Gasteiger partial charge in [-0.15, -0.1) is 11.3 Å². The molecule has 1 amide bonds. The number of amides is 1. The van der Waals surface area contributed by atoms with Crippen LogP contribution in [0.1, 0.15) is 10.6 Å². The summed E-state index contributed by atoms with van der Waals surface area (Å²) < 4.78 is 1.79. The number of hydrogen-bond donors (Lipinski definition) is 0. The van der Waals surface area contributed by atoms with Crippen LogP contribution in [-0.2, 0) is 11.2 Å². The molecule has 1 aliphatic heterocycles. The van der Waals surface area contributed by atoms with Gasteiger partial charge in [-0.1, -0.05) is 36.0 Å². The molecule has 0 saturated carbocycles. The third-order valence-corrected chi connectivity index (χ3v) is 7.62. The van der Waals surface area contributed by atoms with Crippen molar-refractivity contribution in [1.29, 1.82) is 0 Å². The molecule has 9 heteroatoms. The number of nitrogens with zero attached hydrogens (tertiary/aromatic N) is 6. The zero-order chi connectivity index (χ0) is 23.1. The minimum atomic E-state index is 0.0724. The van der Waals surface area contributed by atoms with E-state index in [1.165, 1.54) is 23.7 Å². The molecule has 4 heterocycles. The zero-order valence-electron chi connectivity index (χ0n) is 18.4. The monoisotopic (exact) mass is 484 g/mol. The number of para-hydroxylation sites is 1. The lowest BCUT2D eigenvalue weighted by molar-refractivity contribution is -0.116. The summed E-state index contributed by atoms with van der Waals surface area (Å²) in [4.78, 5) is 28.4. The van der Waals surface area contributed by atoms with Crippen LogP contribution in [0.15, 0.2) is 71.5 Å². The lowest BCUT2D eigenvalue weighted by atomic mass is 10.1. The molecule has 0 spiro atoms. The van der Waals surface area contributed by atoms with E-state index in [2.05, 4.69) is 37.6 Å². The molecule has 1 aliphatic rings. The van der Waals surface area contributed by atoms with E-state index in [1.807, 2.05) is 48.2 Å². The van der Waals surface area contributed by atoms with Gasteiger partial charge in [0.15, 0.2) is 5.65 Å². The highest BCUT2D eigenvalue weighted by atomic mass is 32.2. The Labute approximate surface area is 204 Å². The highest BCUT2D eigenvalue weighted by Crippen LogP contribution is 2.34. The molecule has 0 fully saturated rings. The molecule has 0 unspecified atom stereocenters. The fraction of sp³-hybridized carbons (Fsp3) is 0.160. The van der Waals surface area contributed by atoms with E-state index in [4.69, 9.17) is 0 Å². The molecule has 0 saturated heterocycles. The summed E-state index contributed by atoms with van der Waals surface area (Å²) in [7, 11) is 0. The molecule has 3 aromatic heterocycles. The summed E-state index contributed by atoms with van der Waals surface area (Å²) >= 11 is 3.08. The van der Waals surface area contributed by atoms with Gasteiger partial charge in [0.1, 0.15) is 11.4 Å². The predicted molar refractivity (Wildman–Crippen MR) is 136 cm³/mol. The largest absolute Gasteiger partial charge is 0.311 e. The van der Waals surface area contributed by atoms with E-state index >= 15 is 0 Å². The topological polar surface area (TPSA) is 76.8 Å². The summed E-state index contributed by atoms with van der Waals surface area (Å²) in [6.45, 7) is 2.71. The Bertz CT molecular complexity index is 1510. The van der Waals surface area contributed by atoms with Crippen LogP contribution >= 0.6 is 23.1 Å². The van der Waals surface area contributed by atoms with E-state index in [1.54, 1.807) is 22.2 Å². The Kier molecular flexibility index (Phi) is 5.35. The summed E-state index contributed by atoms with van der Waals surface area (Å²) in [6.07, 6.45) is 4.15. The lowest BCUT2D eigenvalue weighted by Gasteiger charge is -2.17. The van der Waals surface area contributed by atoms with E-state index in [9.17, 15) is 4.79 Å². The summed E-state index contributed by atoms with van der Waals surface area (Å²) in [6, 6.07) is 16.1. The van der Waals surface area contributed by atoms with Crippen LogP contribution in [0.2, 0.25) is 0 Å². The number of carbonyl (C=O) groups is 1. The number of benzene rings is 2. The summed E-state index contributed by atoms with van der Waals surface area (Å²) in [5, 5.41) is 9.23. The number of hydrogen-bond acceptors (Lipinski definition) is 7. The molecule has 5 aromatic rings. The van der Waals surface area contributed by atoms with Crippen molar-refractivity contribution in [3.05, 3.63) is 77.0 Å². The quantitative estimate of drug-likeness (QED) is 0.260. The summed E-state index contributed by atoms with van der Waals surface area (Å²) in [5.41, 5.74) is 5.94. The molecular formula is C25H20N6OS2. The highest BCUT2D eigenvalue weighted by molar-refractivity contribution is 8.00. The van der Waals surface area contributed by atoms with E-state index in [0.29, 0.717) is 12.3 Å². The van der Waals surface area contributed by atoms with Crippen molar-refractivity contribution in [2.45, 2.75) is 18.4 Å². The second-order valence-corrected chi connectivity index (χ2v) is 10.0. The highest BCUT2D eigenvalue weighted by Gasteiger charge is 2.25. The molecule has 6 rings (SSSR count). The van der Waals surface area contributed by atoms with Crippen LogP contribution in [0.25, 0.3) is 28.0 Å². The Hall–Kier alpha value is -3.56. The third-order valence-electron chi connectivity index (χ3n) is 5.85. The van der Waals surface area contributed by atoms with Crippen LogP contribution in [0, 0.1) is 6.92 Å². The molecule has 2 aromatic carbocycles. The first-order valence-corrected chi connectivity index (χ1v) is 12.8. The van der Waals surface area contributed by atoms with E-state index < -0.39 is 0 Å². The number of aromatic nitrogens is 5. The number of aryl methyl sites for hydroxylation is 1. The molecule has 7 nitrogen and oxygen atoms in total. The first-order valence-electron chi connectivity index (χ1n) is 10.9. The molecule has 0 radical (unpaired) electrons. The molecule has 0 bridgehead atoms. The molecule has 0 N–H and O–H groups in total. The normalized spacial score (nSPS) is 12.9. The van der Waals surface area contributed by atoms with E-state index in [0.717, 1.165) is 50.1 Å². The Morgan fingerprint density at radius 2 is 2.03 bits per heavy atom. The van der Waals surface area contributed by atoms with Gasteiger partial charge in [-0.2, -0.15) is 5.10 Å². The Balaban J connectivity index is 1.20. The van der Waals surface area contributed by atoms with Crippen LogP contribution in [0.3, 0.4) is 0 Å². The SMILES string of the molecule is Cc1nc(-c2ccc3c(c2)CCN3C(=O)CSc2ncnc3c2cnn3-c2ccccc2)cs1. The van der Waals surface area contributed by atoms with Crippen molar-refractivity contribution in [2.75, 3.05) is 17.2 Å². The molecular weight excluding hydrogens is 464 g/mol. The first kappa shape index (κ1) is 21.0. The van der Waals surface area contributed by atoms with Gasteiger partial charge in [0, 0.05) is 23.2 Å². The van der Waals surface area contributed by atoms with Gasteiger partial charge in [0.2, 0.25) is 5.91 Å². The van der Waals surface area contributed by atoms with Crippen molar-refractivity contribution in [1.82, 2.24) is 24.7 Å². The predicted octanol–water partition coefficient (Wildman–Crippen LogP) is 4.93. The van der Waals surface area contributed by atoms with Crippen LogP contribution in [0.5, 0.6) is 0 Å². The van der Waals surface area contributed by atoms with E-state index in [-0.39, 0.29) is 5.91 Å². The molecule has 168 valence electrons. The number of thiazole rings is 1. The third kappa shape index (κ3) is 3.76. The minimum absolute atomic E-state index is 0.0724. The fourth-order valence-electron chi connectivity index (χ4n) is 4.22. The maximum atomic E-state index is 13.1. The average molecular weight is 485 g/mol. The number of rotatable bonds is 5. The Morgan fingerprint density at radius 1 is 1.15 bits per heavy atom. The lowest BCUT2D eigenvalue weighted by Crippen LogP contribution is -2.30. The fourth-order valence-corrected chi connectivity index (χ4v) is 5.68. The van der Waals surface area contributed by atoms with Crippen LogP contribution in [-0.4, -0.2) is 42.9 Å². The molecule has 0 aliphatic carbocycles. The van der Waals surface area contributed by atoms with Crippen LogP contribution in [0.4, 0.5) is 5.69 Å². The molecule has 0 atom stereocenters. The maximum Gasteiger partial charge on any atom is 0.237 e. The number of fused-ring (bicyclic) bond motifs is 2. The van der Waals surface area contributed by atoms with Gasteiger partial charge < -0.3 is 4.90 Å². The van der Waals surface area contributed by atoms with Gasteiger partial charge in [-0.3, -0.25) is 4.79 Å². The second kappa shape index (κ2) is 8.66. The van der Waals surface area contributed by atoms with Gasteiger partial charge in [-0.05, 0) is 43.2 Å². The molecule has 34 heavy (non-hydrogen) atoms. The van der Waals surface area contributed by atoms with Gasteiger partial charge in [0.05, 0.1) is 33.7 Å². The summed E-state index contributed by atoms with van der Waals surface area (Å²) in [5.74, 6) is 0.373.